The molecule has 1 aromatic rings. The van der Waals surface area contributed by atoms with Crippen molar-refractivity contribution in [3.05, 3.63) is 29.3 Å². The molecule has 0 fully saturated rings. The topological polar surface area (TPSA) is 46.3 Å². The zero-order valence-corrected chi connectivity index (χ0v) is 10.6. The van der Waals surface area contributed by atoms with E-state index < -0.39 is 0 Å². The summed E-state index contributed by atoms with van der Waals surface area (Å²) in [6.45, 7) is 4.82. The normalized spacial score (nSPS) is 16.5. The zero-order valence-electron chi connectivity index (χ0n) is 10.6. The lowest BCUT2D eigenvalue weighted by Gasteiger charge is -2.31. The minimum atomic E-state index is -0.373. The minimum absolute atomic E-state index is 0.0531. The molecule has 3 nitrogen and oxygen atoms in total. The number of amides is 1. The van der Waals surface area contributed by atoms with Gasteiger partial charge in [0, 0.05) is 12.2 Å². The van der Waals surface area contributed by atoms with E-state index in [1.54, 1.807) is 0 Å². The molecule has 1 unspecified atom stereocenters. The summed E-state index contributed by atoms with van der Waals surface area (Å²) in [5.41, 5.74) is 9.41. The highest BCUT2D eigenvalue weighted by Crippen LogP contribution is 2.28. The Kier molecular flexibility index (Phi) is 3.48. The van der Waals surface area contributed by atoms with Gasteiger partial charge in [0.15, 0.2) is 0 Å². The highest BCUT2D eigenvalue weighted by Gasteiger charge is 2.25. The van der Waals surface area contributed by atoms with Gasteiger partial charge in [0.2, 0.25) is 5.91 Å². The Hall–Kier alpha value is -1.35. The standard InChI is InChI=1S/C14H20N2O/c1-3-12(15)14(17)16-8-4-5-11-9-10(2)6-7-13(11)16/h6-7,9,12H,3-5,8,15H2,1-2H3. The van der Waals surface area contributed by atoms with Gasteiger partial charge in [-0.1, -0.05) is 24.6 Å². The van der Waals surface area contributed by atoms with E-state index in [1.807, 2.05) is 17.9 Å². The van der Waals surface area contributed by atoms with Crippen LogP contribution in [0.1, 0.15) is 30.9 Å². The first kappa shape index (κ1) is 12.1. The Labute approximate surface area is 103 Å². The van der Waals surface area contributed by atoms with Crippen LogP contribution in [0.3, 0.4) is 0 Å². The molecule has 0 aliphatic carbocycles. The molecule has 0 saturated heterocycles. The molecule has 92 valence electrons. The summed E-state index contributed by atoms with van der Waals surface area (Å²) in [5.74, 6) is 0.0531. The third-order valence-electron chi connectivity index (χ3n) is 3.38. The van der Waals surface area contributed by atoms with Crippen LogP contribution >= 0.6 is 0 Å². The maximum atomic E-state index is 12.2. The van der Waals surface area contributed by atoms with E-state index in [2.05, 4.69) is 19.1 Å². The quantitative estimate of drug-likeness (QED) is 0.848. The summed E-state index contributed by atoms with van der Waals surface area (Å²) in [6.07, 6.45) is 2.78. The average Bonchev–Trinajstić information content (AvgIpc) is 2.35. The highest BCUT2D eigenvalue weighted by molar-refractivity contribution is 5.98. The van der Waals surface area contributed by atoms with Gasteiger partial charge in [0.25, 0.3) is 0 Å². The fourth-order valence-corrected chi connectivity index (χ4v) is 2.33. The first-order chi connectivity index (χ1) is 8.13. The number of carbonyl (C=O) groups is 1. The van der Waals surface area contributed by atoms with Crippen molar-refractivity contribution in [1.29, 1.82) is 0 Å². The van der Waals surface area contributed by atoms with Gasteiger partial charge in [-0.2, -0.15) is 0 Å². The number of fused-ring (bicyclic) bond motifs is 1. The Balaban J connectivity index is 2.31. The second-order valence-electron chi connectivity index (χ2n) is 4.74. The molecule has 1 aromatic carbocycles. The van der Waals surface area contributed by atoms with Gasteiger partial charge in [-0.25, -0.2) is 0 Å². The summed E-state index contributed by atoms with van der Waals surface area (Å²) in [6, 6.07) is 5.90. The van der Waals surface area contributed by atoms with Crippen molar-refractivity contribution in [1.82, 2.24) is 0 Å². The minimum Gasteiger partial charge on any atom is -0.320 e. The monoisotopic (exact) mass is 232 g/mol. The van der Waals surface area contributed by atoms with Crippen LogP contribution in [0.15, 0.2) is 18.2 Å². The van der Waals surface area contributed by atoms with Gasteiger partial charge in [0.05, 0.1) is 6.04 Å². The molecule has 2 rings (SSSR count). The largest absolute Gasteiger partial charge is 0.320 e. The van der Waals surface area contributed by atoms with Crippen molar-refractivity contribution in [2.45, 2.75) is 39.2 Å². The summed E-state index contributed by atoms with van der Waals surface area (Å²) in [4.78, 5) is 14.0. The first-order valence-corrected chi connectivity index (χ1v) is 6.30. The van der Waals surface area contributed by atoms with Crippen LogP contribution in [-0.4, -0.2) is 18.5 Å². The van der Waals surface area contributed by atoms with E-state index in [4.69, 9.17) is 5.73 Å². The predicted molar refractivity (Wildman–Crippen MR) is 70.1 cm³/mol. The Morgan fingerprint density at radius 1 is 1.53 bits per heavy atom. The number of rotatable bonds is 2. The number of nitrogens with zero attached hydrogens (tertiary/aromatic N) is 1. The number of aryl methyl sites for hydroxylation is 2. The maximum absolute atomic E-state index is 12.2. The van der Waals surface area contributed by atoms with Crippen LogP contribution in [0.2, 0.25) is 0 Å². The van der Waals surface area contributed by atoms with Gasteiger partial charge in [0.1, 0.15) is 0 Å². The summed E-state index contributed by atoms with van der Waals surface area (Å²) in [7, 11) is 0. The second-order valence-corrected chi connectivity index (χ2v) is 4.74. The molecule has 1 aliphatic heterocycles. The molecular weight excluding hydrogens is 212 g/mol. The van der Waals surface area contributed by atoms with Crippen LogP contribution in [0, 0.1) is 6.92 Å². The molecular formula is C14H20N2O. The van der Waals surface area contributed by atoms with Crippen molar-refractivity contribution >= 4 is 11.6 Å². The summed E-state index contributed by atoms with van der Waals surface area (Å²) in [5, 5.41) is 0. The predicted octanol–water partition coefficient (Wildman–Crippen LogP) is 2.01. The first-order valence-electron chi connectivity index (χ1n) is 6.30. The lowest BCUT2D eigenvalue weighted by atomic mass is 9.99. The third kappa shape index (κ3) is 2.34. The van der Waals surface area contributed by atoms with Crippen LogP contribution in [0.4, 0.5) is 5.69 Å². The van der Waals surface area contributed by atoms with Crippen molar-refractivity contribution in [2.24, 2.45) is 5.73 Å². The number of hydrogen-bond acceptors (Lipinski definition) is 2. The van der Waals surface area contributed by atoms with Crippen LogP contribution in [0.5, 0.6) is 0 Å². The Morgan fingerprint density at radius 3 is 3.00 bits per heavy atom. The fraction of sp³-hybridized carbons (Fsp3) is 0.500. The van der Waals surface area contributed by atoms with E-state index in [0.29, 0.717) is 6.42 Å². The van der Waals surface area contributed by atoms with Gasteiger partial charge >= 0.3 is 0 Å². The second kappa shape index (κ2) is 4.88. The van der Waals surface area contributed by atoms with Crippen molar-refractivity contribution in [3.8, 4) is 0 Å². The molecule has 1 aliphatic rings. The SMILES string of the molecule is CCC(N)C(=O)N1CCCc2cc(C)ccc21. The van der Waals surface area contributed by atoms with E-state index in [-0.39, 0.29) is 11.9 Å². The van der Waals surface area contributed by atoms with Gasteiger partial charge in [-0.15, -0.1) is 0 Å². The molecule has 17 heavy (non-hydrogen) atoms. The molecule has 1 heterocycles. The highest BCUT2D eigenvalue weighted by atomic mass is 16.2. The molecule has 3 heteroatoms. The number of nitrogens with two attached hydrogens (primary N) is 1. The molecule has 2 N–H and O–H groups in total. The Morgan fingerprint density at radius 2 is 2.29 bits per heavy atom. The zero-order chi connectivity index (χ0) is 12.4. The molecule has 0 saturated carbocycles. The van der Waals surface area contributed by atoms with Gasteiger partial charge in [-0.05, 0) is 37.8 Å². The van der Waals surface area contributed by atoms with Crippen LogP contribution in [-0.2, 0) is 11.2 Å². The molecule has 1 amide bonds. The molecule has 1 atom stereocenters. The van der Waals surface area contributed by atoms with E-state index in [0.717, 1.165) is 25.1 Å². The van der Waals surface area contributed by atoms with Gasteiger partial charge < -0.3 is 10.6 Å². The molecule has 0 bridgehead atoms. The third-order valence-corrected chi connectivity index (χ3v) is 3.38. The van der Waals surface area contributed by atoms with Crippen molar-refractivity contribution in [2.75, 3.05) is 11.4 Å². The lowest BCUT2D eigenvalue weighted by molar-refractivity contribution is -0.120. The number of carbonyl (C=O) groups excluding carboxylic acids is 1. The van der Waals surface area contributed by atoms with Crippen molar-refractivity contribution in [3.63, 3.8) is 0 Å². The molecule has 0 aromatic heterocycles. The molecule has 0 radical (unpaired) electrons. The van der Waals surface area contributed by atoms with Gasteiger partial charge in [-0.3, -0.25) is 4.79 Å². The summed E-state index contributed by atoms with van der Waals surface area (Å²) < 4.78 is 0. The number of benzene rings is 1. The van der Waals surface area contributed by atoms with Crippen LogP contribution in [0.25, 0.3) is 0 Å². The summed E-state index contributed by atoms with van der Waals surface area (Å²) >= 11 is 0. The van der Waals surface area contributed by atoms with E-state index in [9.17, 15) is 4.79 Å². The maximum Gasteiger partial charge on any atom is 0.243 e. The lowest BCUT2D eigenvalue weighted by Crippen LogP contribution is -2.45. The number of hydrogen-bond donors (Lipinski definition) is 1. The van der Waals surface area contributed by atoms with Crippen molar-refractivity contribution < 1.29 is 4.79 Å². The fourth-order valence-electron chi connectivity index (χ4n) is 2.33. The Bertz CT molecular complexity index is 428. The average molecular weight is 232 g/mol. The number of anilines is 1. The van der Waals surface area contributed by atoms with Crippen LogP contribution < -0.4 is 10.6 Å². The molecule has 0 spiro atoms. The smallest absolute Gasteiger partial charge is 0.243 e. The van der Waals surface area contributed by atoms with E-state index >= 15 is 0 Å². The van der Waals surface area contributed by atoms with E-state index in [1.165, 1.54) is 11.1 Å².